The molecule has 0 amide bonds. The topological polar surface area (TPSA) is 92.7 Å². The molecular formula is C17H21NO5S. The lowest BCUT2D eigenvalue weighted by Gasteiger charge is -2.33. The zero-order chi connectivity index (χ0) is 17.6. The van der Waals surface area contributed by atoms with E-state index in [0.29, 0.717) is 31.7 Å². The van der Waals surface area contributed by atoms with Gasteiger partial charge in [0, 0.05) is 0 Å². The van der Waals surface area contributed by atoms with Gasteiger partial charge < -0.3 is 15.2 Å². The number of rotatable bonds is 6. The molecule has 130 valence electrons. The summed E-state index contributed by atoms with van der Waals surface area (Å²) in [5.41, 5.74) is -1.23. The van der Waals surface area contributed by atoms with Crippen molar-refractivity contribution in [3.05, 3.63) is 24.3 Å². The fraction of sp³-hybridized carbons (Fsp3) is 0.471. The Balaban J connectivity index is 2.16. The standard InChI is InChI=1S/C17H21NO5S/c1-2-3-12-23-14-4-6-15(7-5-14)24(21,22)13-17(16(19)20)8-10-18-11-9-17/h4-7,18H,8-13H2,1H3,(H,19,20). The normalized spacial score (nSPS) is 16.7. The van der Waals surface area contributed by atoms with Crippen molar-refractivity contribution in [1.82, 2.24) is 5.32 Å². The molecule has 0 atom stereocenters. The van der Waals surface area contributed by atoms with E-state index < -0.39 is 27.0 Å². The van der Waals surface area contributed by atoms with E-state index in [-0.39, 0.29) is 11.5 Å². The largest absolute Gasteiger partial charge is 0.481 e. The number of carboxylic acid groups (broad SMARTS) is 1. The molecular weight excluding hydrogens is 330 g/mol. The van der Waals surface area contributed by atoms with Crippen molar-refractivity contribution in [3.8, 4) is 17.6 Å². The number of hydrogen-bond acceptors (Lipinski definition) is 5. The Hall–Kier alpha value is -2.04. The molecule has 1 heterocycles. The minimum Gasteiger partial charge on any atom is -0.481 e. The van der Waals surface area contributed by atoms with Crippen LogP contribution < -0.4 is 10.1 Å². The second-order valence-corrected chi connectivity index (χ2v) is 7.77. The third-order valence-electron chi connectivity index (χ3n) is 4.15. The van der Waals surface area contributed by atoms with Crippen LogP contribution in [0, 0.1) is 17.3 Å². The number of sulfone groups is 1. The van der Waals surface area contributed by atoms with Gasteiger partial charge in [-0.3, -0.25) is 4.79 Å². The summed E-state index contributed by atoms with van der Waals surface area (Å²) in [6, 6.07) is 6.00. The quantitative estimate of drug-likeness (QED) is 0.751. The average Bonchev–Trinajstić information content (AvgIpc) is 2.56. The first-order valence-corrected chi connectivity index (χ1v) is 9.34. The summed E-state index contributed by atoms with van der Waals surface area (Å²) in [7, 11) is -3.70. The molecule has 1 aromatic rings. The highest BCUT2D eigenvalue weighted by Gasteiger charge is 2.43. The van der Waals surface area contributed by atoms with Gasteiger partial charge in [0.05, 0.1) is 16.1 Å². The maximum Gasteiger partial charge on any atom is 0.310 e. The van der Waals surface area contributed by atoms with Gasteiger partial charge in [-0.1, -0.05) is 5.92 Å². The summed E-state index contributed by atoms with van der Waals surface area (Å²) in [5.74, 6) is 4.53. The van der Waals surface area contributed by atoms with Gasteiger partial charge in [0.25, 0.3) is 0 Å². The maximum absolute atomic E-state index is 12.6. The van der Waals surface area contributed by atoms with Crippen LogP contribution in [-0.2, 0) is 14.6 Å². The molecule has 0 unspecified atom stereocenters. The van der Waals surface area contributed by atoms with Gasteiger partial charge in [0.1, 0.15) is 12.4 Å². The molecule has 1 saturated heterocycles. The zero-order valence-electron chi connectivity index (χ0n) is 13.5. The van der Waals surface area contributed by atoms with Gasteiger partial charge in [0.2, 0.25) is 0 Å². The molecule has 0 bridgehead atoms. The molecule has 0 spiro atoms. The smallest absolute Gasteiger partial charge is 0.310 e. The molecule has 1 fully saturated rings. The Morgan fingerprint density at radius 2 is 1.92 bits per heavy atom. The van der Waals surface area contributed by atoms with Crippen LogP contribution in [0.4, 0.5) is 0 Å². The lowest BCUT2D eigenvalue weighted by Crippen LogP contribution is -2.46. The lowest BCUT2D eigenvalue weighted by atomic mass is 9.81. The number of benzene rings is 1. The molecule has 0 aromatic heterocycles. The van der Waals surface area contributed by atoms with E-state index in [2.05, 4.69) is 17.2 Å². The number of carbonyl (C=O) groups is 1. The van der Waals surface area contributed by atoms with Gasteiger partial charge in [-0.15, -0.1) is 5.92 Å². The third-order valence-corrected chi connectivity index (χ3v) is 6.07. The molecule has 1 aliphatic rings. The van der Waals surface area contributed by atoms with E-state index in [4.69, 9.17) is 4.74 Å². The summed E-state index contributed by atoms with van der Waals surface area (Å²) in [4.78, 5) is 11.8. The Kier molecular flexibility index (Phi) is 5.86. The molecule has 1 aliphatic heterocycles. The highest BCUT2D eigenvalue weighted by molar-refractivity contribution is 7.91. The van der Waals surface area contributed by atoms with Crippen molar-refractivity contribution in [2.24, 2.45) is 5.41 Å². The fourth-order valence-electron chi connectivity index (χ4n) is 2.71. The van der Waals surface area contributed by atoms with Crippen LogP contribution >= 0.6 is 0 Å². The predicted octanol–water partition coefficient (Wildman–Crippen LogP) is 1.32. The Bertz CT molecular complexity index is 737. The molecule has 0 saturated carbocycles. The van der Waals surface area contributed by atoms with Crippen molar-refractivity contribution in [2.45, 2.75) is 24.7 Å². The zero-order valence-corrected chi connectivity index (χ0v) is 14.4. The van der Waals surface area contributed by atoms with Gasteiger partial charge in [-0.2, -0.15) is 0 Å². The maximum atomic E-state index is 12.6. The number of aliphatic carboxylic acids is 1. The summed E-state index contributed by atoms with van der Waals surface area (Å²) in [6.45, 7) is 2.95. The van der Waals surface area contributed by atoms with Crippen LogP contribution in [0.2, 0.25) is 0 Å². The number of ether oxygens (including phenoxy) is 1. The third kappa shape index (κ3) is 4.28. The number of piperidine rings is 1. The lowest BCUT2D eigenvalue weighted by molar-refractivity contribution is -0.149. The van der Waals surface area contributed by atoms with Crippen molar-refractivity contribution in [1.29, 1.82) is 0 Å². The molecule has 1 aromatic carbocycles. The fourth-order valence-corrected chi connectivity index (χ4v) is 4.56. The minimum absolute atomic E-state index is 0.107. The molecule has 2 N–H and O–H groups in total. The summed E-state index contributed by atoms with van der Waals surface area (Å²) < 4.78 is 30.6. The Morgan fingerprint density at radius 3 is 2.46 bits per heavy atom. The van der Waals surface area contributed by atoms with Crippen LogP contribution in [0.25, 0.3) is 0 Å². The molecule has 6 nitrogen and oxygen atoms in total. The monoisotopic (exact) mass is 351 g/mol. The highest BCUT2D eigenvalue weighted by Crippen LogP contribution is 2.33. The summed E-state index contributed by atoms with van der Waals surface area (Å²) >= 11 is 0. The van der Waals surface area contributed by atoms with E-state index in [1.54, 1.807) is 19.1 Å². The van der Waals surface area contributed by atoms with Gasteiger partial charge in [0.15, 0.2) is 9.84 Å². The summed E-state index contributed by atoms with van der Waals surface area (Å²) in [6.07, 6.45) is 0.608. The van der Waals surface area contributed by atoms with E-state index >= 15 is 0 Å². The van der Waals surface area contributed by atoms with Crippen LogP contribution in [0.3, 0.4) is 0 Å². The van der Waals surface area contributed by atoms with Crippen LogP contribution in [-0.4, -0.2) is 44.9 Å². The van der Waals surface area contributed by atoms with E-state index in [9.17, 15) is 18.3 Å². The average molecular weight is 351 g/mol. The molecule has 2 rings (SSSR count). The van der Waals surface area contributed by atoms with Crippen molar-refractivity contribution in [2.75, 3.05) is 25.4 Å². The van der Waals surface area contributed by atoms with Crippen molar-refractivity contribution >= 4 is 15.8 Å². The van der Waals surface area contributed by atoms with Gasteiger partial charge in [-0.05, 0) is 57.1 Å². The van der Waals surface area contributed by atoms with Crippen molar-refractivity contribution in [3.63, 3.8) is 0 Å². The van der Waals surface area contributed by atoms with Crippen LogP contribution in [0.15, 0.2) is 29.2 Å². The van der Waals surface area contributed by atoms with E-state index in [1.165, 1.54) is 12.1 Å². The van der Waals surface area contributed by atoms with Gasteiger partial charge >= 0.3 is 5.97 Å². The number of hydrogen-bond donors (Lipinski definition) is 2. The van der Waals surface area contributed by atoms with E-state index in [0.717, 1.165) is 0 Å². The SMILES string of the molecule is CC#CCOc1ccc(S(=O)(=O)CC2(C(=O)O)CCNCC2)cc1. The van der Waals surface area contributed by atoms with Crippen LogP contribution in [0.5, 0.6) is 5.75 Å². The first-order chi connectivity index (χ1) is 11.4. The predicted molar refractivity (Wildman–Crippen MR) is 89.6 cm³/mol. The van der Waals surface area contributed by atoms with Gasteiger partial charge in [-0.25, -0.2) is 8.42 Å². The first kappa shape index (κ1) is 18.3. The summed E-state index contributed by atoms with van der Waals surface area (Å²) in [5, 5.41) is 12.6. The second kappa shape index (κ2) is 7.69. The molecule has 0 radical (unpaired) electrons. The molecule has 0 aliphatic carbocycles. The highest BCUT2D eigenvalue weighted by atomic mass is 32.2. The van der Waals surface area contributed by atoms with E-state index in [1.807, 2.05) is 0 Å². The second-order valence-electron chi connectivity index (χ2n) is 5.78. The Labute approximate surface area is 142 Å². The van der Waals surface area contributed by atoms with Crippen molar-refractivity contribution < 1.29 is 23.1 Å². The minimum atomic E-state index is -3.70. The first-order valence-electron chi connectivity index (χ1n) is 7.69. The number of carboxylic acids is 1. The molecule has 7 heteroatoms. The number of nitrogens with one attached hydrogen (secondary N) is 1. The van der Waals surface area contributed by atoms with Crippen LogP contribution in [0.1, 0.15) is 19.8 Å². The molecule has 24 heavy (non-hydrogen) atoms. The Morgan fingerprint density at radius 1 is 1.29 bits per heavy atom.